The molecule has 1 heterocycles. The van der Waals surface area contributed by atoms with Gasteiger partial charge in [-0.15, -0.1) is 0 Å². The highest BCUT2D eigenvalue weighted by Gasteiger charge is 2.25. The molecule has 3 atom stereocenters. The van der Waals surface area contributed by atoms with Crippen molar-refractivity contribution in [3.63, 3.8) is 0 Å². The summed E-state index contributed by atoms with van der Waals surface area (Å²) in [5.74, 6) is 0. The van der Waals surface area contributed by atoms with E-state index < -0.39 is 6.10 Å². The molecule has 0 unspecified atom stereocenters. The maximum Gasteiger partial charge on any atom is 0.0992 e. The SMILES string of the molecule is C[C@@H]1CN(c2cc(C#N)ccc2[C@@H](C)O)C[C@H](C)O1. The van der Waals surface area contributed by atoms with Crippen LogP contribution in [-0.4, -0.2) is 30.4 Å². The van der Waals surface area contributed by atoms with Crippen molar-refractivity contribution < 1.29 is 9.84 Å². The molecular formula is C15H20N2O2. The number of rotatable bonds is 2. The molecule has 19 heavy (non-hydrogen) atoms. The van der Waals surface area contributed by atoms with E-state index >= 15 is 0 Å². The molecule has 4 heteroatoms. The number of aliphatic hydroxyl groups excluding tert-OH is 1. The number of hydrogen-bond acceptors (Lipinski definition) is 4. The molecule has 102 valence electrons. The number of nitrogens with zero attached hydrogens (tertiary/aromatic N) is 2. The average molecular weight is 260 g/mol. The lowest BCUT2D eigenvalue weighted by Crippen LogP contribution is -2.46. The van der Waals surface area contributed by atoms with Gasteiger partial charge in [-0.2, -0.15) is 5.26 Å². The monoisotopic (exact) mass is 260 g/mol. The van der Waals surface area contributed by atoms with Crippen molar-refractivity contribution in [2.45, 2.75) is 39.1 Å². The Morgan fingerprint density at radius 1 is 1.37 bits per heavy atom. The molecule has 0 aliphatic carbocycles. The summed E-state index contributed by atoms with van der Waals surface area (Å²) in [6.07, 6.45) is -0.246. The molecular weight excluding hydrogens is 240 g/mol. The third-order valence-corrected chi connectivity index (χ3v) is 3.37. The fourth-order valence-corrected chi connectivity index (χ4v) is 2.61. The number of ether oxygens (including phenoxy) is 1. The van der Waals surface area contributed by atoms with Crippen molar-refractivity contribution in [2.75, 3.05) is 18.0 Å². The fourth-order valence-electron chi connectivity index (χ4n) is 2.61. The average Bonchev–Trinajstić information content (AvgIpc) is 2.36. The molecule has 1 fully saturated rings. The van der Waals surface area contributed by atoms with E-state index in [-0.39, 0.29) is 12.2 Å². The van der Waals surface area contributed by atoms with E-state index in [1.807, 2.05) is 26.0 Å². The van der Waals surface area contributed by atoms with Gasteiger partial charge < -0.3 is 14.7 Å². The zero-order valence-electron chi connectivity index (χ0n) is 11.6. The van der Waals surface area contributed by atoms with Crippen LogP contribution in [0.3, 0.4) is 0 Å². The highest BCUT2D eigenvalue weighted by molar-refractivity contribution is 5.59. The lowest BCUT2D eigenvalue weighted by Gasteiger charge is -2.38. The van der Waals surface area contributed by atoms with Gasteiger partial charge in [-0.3, -0.25) is 0 Å². The van der Waals surface area contributed by atoms with Crippen molar-refractivity contribution in [3.05, 3.63) is 29.3 Å². The molecule has 2 rings (SSSR count). The molecule has 0 spiro atoms. The number of morpholine rings is 1. The van der Waals surface area contributed by atoms with E-state index in [0.717, 1.165) is 24.3 Å². The smallest absolute Gasteiger partial charge is 0.0992 e. The first-order valence-corrected chi connectivity index (χ1v) is 6.63. The van der Waals surface area contributed by atoms with Crippen molar-refractivity contribution in [1.82, 2.24) is 0 Å². The van der Waals surface area contributed by atoms with E-state index in [2.05, 4.69) is 11.0 Å². The minimum Gasteiger partial charge on any atom is -0.389 e. The maximum atomic E-state index is 9.89. The second kappa shape index (κ2) is 5.60. The lowest BCUT2D eigenvalue weighted by atomic mass is 10.0. The van der Waals surface area contributed by atoms with Gasteiger partial charge in [0.05, 0.1) is 29.9 Å². The summed E-state index contributed by atoms with van der Waals surface area (Å²) in [6, 6.07) is 7.59. The van der Waals surface area contributed by atoms with Gasteiger partial charge in [-0.1, -0.05) is 6.07 Å². The van der Waals surface area contributed by atoms with Crippen LogP contribution in [0, 0.1) is 11.3 Å². The Hall–Kier alpha value is -1.57. The summed E-state index contributed by atoms with van der Waals surface area (Å²) in [5, 5.41) is 18.9. The van der Waals surface area contributed by atoms with Crippen LogP contribution in [0.2, 0.25) is 0 Å². The molecule has 0 bridgehead atoms. The van der Waals surface area contributed by atoms with Crippen molar-refractivity contribution in [1.29, 1.82) is 5.26 Å². The molecule has 0 saturated carbocycles. The van der Waals surface area contributed by atoms with E-state index in [9.17, 15) is 5.11 Å². The van der Waals surface area contributed by atoms with Crippen LogP contribution in [-0.2, 0) is 4.74 Å². The zero-order valence-corrected chi connectivity index (χ0v) is 11.6. The van der Waals surface area contributed by atoms with Crippen LogP contribution >= 0.6 is 0 Å². The molecule has 1 saturated heterocycles. The quantitative estimate of drug-likeness (QED) is 0.886. The number of aliphatic hydroxyl groups is 1. The number of anilines is 1. The Morgan fingerprint density at radius 2 is 2.00 bits per heavy atom. The van der Waals surface area contributed by atoms with Gasteiger partial charge in [0, 0.05) is 24.3 Å². The second-order valence-electron chi connectivity index (χ2n) is 5.22. The van der Waals surface area contributed by atoms with Crippen LogP contribution in [0.1, 0.15) is 38.0 Å². The Balaban J connectivity index is 2.38. The Bertz CT molecular complexity index is 483. The topological polar surface area (TPSA) is 56.5 Å². The highest BCUT2D eigenvalue weighted by Crippen LogP contribution is 2.29. The van der Waals surface area contributed by atoms with Crippen molar-refractivity contribution >= 4 is 5.69 Å². The molecule has 0 radical (unpaired) electrons. The van der Waals surface area contributed by atoms with E-state index in [1.54, 1.807) is 13.0 Å². The molecule has 1 aliphatic heterocycles. The second-order valence-corrected chi connectivity index (χ2v) is 5.22. The Kier molecular flexibility index (Phi) is 4.08. The van der Waals surface area contributed by atoms with Crippen LogP contribution in [0.25, 0.3) is 0 Å². The van der Waals surface area contributed by atoms with Crippen LogP contribution in [0.4, 0.5) is 5.69 Å². The van der Waals surface area contributed by atoms with E-state index in [1.165, 1.54) is 0 Å². The van der Waals surface area contributed by atoms with Crippen LogP contribution in [0.15, 0.2) is 18.2 Å². The summed E-state index contributed by atoms with van der Waals surface area (Å²) in [5.41, 5.74) is 2.42. The van der Waals surface area contributed by atoms with Crippen LogP contribution in [0.5, 0.6) is 0 Å². The first-order chi connectivity index (χ1) is 9.01. The summed E-state index contributed by atoms with van der Waals surface area (Å²) in [6.45, 7) is 7.38. The van der Waals surface area contributed by atoms with Crippen molar-refractivity contribution in [2.24, 2.45) is 0 Å². The minimum absolute atomic E-state index is 0.149. The normalized spacial score (nSPS) is 24.9. The lowest BCUT2D eigenvalue weighted by molar-refractivity contribution is -0.00538. The van der Waals surface area contributed by atoms with E-state index in [4.69, 9.17) is 10.00 Å². The molecule has 0 aromatic heterocycles. The van der Waals surface area contributed by atoms with Crippen LogP contribution < -0.4 is 4.90 Å². The number of hydrogen-bond donors (Lipinski definition) is 1. The highest BCUT2D eigenvalue weighted by atomic mass is 16.5. The predicted octanol–water partition coefficient (Wildman–Crippen LogP) is 2.23. The number of benzene rings is 1. The van der Waals surface area contributed by atoms with Gasteiger partial charge in [-0.25, -0.2) is 0 Å². The number of nitriles is 1. The third kappa shape index (κ3) is 3.06. The van der Waals surface area contributed by atoms with Gasteiger partial charge in [-0.05, 0) is 32.9 Å². The Labute approximate surface area is 114 Å². The summed E-state index contributed by atoms with van der Waals surface area (Å²) < 4.78 is 5.73. The largest absolute Gasteiger partial charge is 0.389 e. The van der Waals surface area contributed by atoms with Crippen molar-refractivity contribution in [3.8, 4) is 6.07 Å². The maximum absolute atomic E-state index is 9.89. The first kappa shape index (κ1) is 13.9. The zero-order chi connectivity index (χ0) is 14.0. The predicted molar refractivity (Wildman–Crippen MR) is 74.0 cm³/mol. The Morgan fingerprint density at radius 3 is 2.53 bits per heavy atom. The molecule has 0 amide bonds. The summed E-state index contributed by atoms with van der Waals surface area (Å²) >= 11 is 0. The molecule has 1 aromatic rings. The van der Waals surface area contributed by atoms with Gasteiger partial charge in [0.15, 0.2) is 0 Å². The van der Waals surface area contributed by atoms with Gasteiger partial charge in [0.25, 0.3) is 0 Å². The molecule has 1 N–H and O–H groups in total. The standard InChI is InChI=1S/C15H20N2O2/c1-10-8-17(9-11(2)19-10)15-6-13(7-16)4-5-14(15)12(3)18/h4-6,10-12,18H,8-9H2,1-3H3/t10-,11+,12-/m1/s1. The van der Waals surface area contributed by atoms with Gasteiger partial charge in [0.2, 0.25) is 0 Å². The van der Waals surface area contributed by atoms with Gasteiger partial charge in [0.1, 0.15) is 0 Å². The van der Waals surface area contributed by atoms with E-state index in [0.29, 0.717) is 5.56 Å². The fraction of sp³-hybridized carbons (Fsp3) is 0.533. The molecule has 4 nitrogen and oxygen atoms in total. The summed E-state index contributed by atoms with van der Waals surface area (Å²) in [7, 11) is 0. The molecule has 1 aromatic carbocycles. The third-order valence-electron chi connectivity index (χ3n) is 3.37. The van der Waals surface area contributed by atoms with Gasteiger partial charge >= 0.3 is 0 Å². The molecule has 1 aliphatic rings. The minimum atomic E-state index is -0.545. The first-order valence-electron chi connectivity index (χ1n) is 6.63. The summed E-state index contributed by atoms with van der Waals surface area (Å²) in [4.78, 5) is 2.20.